The number of nitrogens with zero attached hydrogens (tertiary/aromatic N) is 1. The standard InChI is InChI=1S/C20H27FN2O6S/c1-14(2)11-29-18-9-16(5-6-17(18)21)15(3)12-30(26,27)8-4-7-28-13-23-10-19(24)22-20(23)25/h4-6,8-9,14-15H,7,10-13H2,1-3H3,(H,22,24,25)/b8-4+/t15-/m0/s1. The van der Waals surface area contributed by atoms with E-state index in [0.29, 0.717) is 12.2 Å². The molecule has 0 radical (unpaired) electrons. The maximum atomic E-state index is 13.9. The van der Waals surface area contributed by atoms with Crippen molar-refractivity contribution < 1.29 is 31.9 Å². The van der Waals surface area contributed by atoms with Crippen LogP contribution in [0.2, 0.25) is 0 Å². The summed E-state index contributed by atoms with van der Waals surface area (Å²) in [7, 11) is -3.54. The lowest BCUT2D eigenvalue weighted by molar-refractivity contribution is -0.118. The zero-order valence-electron chi connectivity index (χ0n) is 17.3. The summed E-state index contributed by atoms with van der Waals surface area (Å²) in [6, 6.07) is 3.82. The van der Waals surface area contributed by atoms with E-state index in [0.717, 1.165) is 5.41 Å². The maximum absolute atomic E-state index is 13.9. The van der Waals surface area contributed by atoms with Gasteiger partial charge in [0.15, 0.2) is 21.4 Å². The third kappa shape index (κ3) is 7.42. The van der Waals surface area contributed by atoms with E-state index in [1.807, 2.05) is 13.8 Å². The van der Waals surface area contributed by atoms with E-state index < -0.39 is 27.6 Å². The summed E-state index contributed by atoms with van der Waals surface area (Å²) in [4.78, 5) is 23.6. The van der Waals surface area contributed by atoms with Crippen LogP contribution >= 0.6 is 0 Å². The van der Waals surface area contributed by atoms with Gasteiger partial charge < -0.3 is 9.47 Å². The number of imide groups is 1. The highest BCUT2D eigenvalue weighted by atomic mass is 32.2. The minimum absolute atomic E-state index is 0.0324. The van der Waals surface area contributed by atoms with Crippen molar-refractivity contribution in [2.75, 3.05) is 32.2 Å². The molecule has 1 aliphatic rings. The Hall–Kier alpha value is -2.46. The number of benzene rings is 1. The van der Waals surface area contributed by atoms with E-state index in [4.69, 9.17) is 9.47 Å². The second-order valence-corrected chi connectivity index (χ2v) is 9.48. The molecule has 0 aliphatic carbocycles. The Morgan fingerprint density at radius 2 is 2.00 bits per heavy atom. The Labute approximate surface area is 175 Å². The van der Waals surface area contributed by atoms with Crippen LogP contribution in [0.4, 0.5) is 9.18 Å². The lowest BCUT2D eigenvalue weighted by atomic mass is 10.0. The average molecular weight is 443 g/mol. The van der Waals surface area contributed by atoms with Crippen molar-refractivity contribution in [3.63, 3.8) is 0 Å². The van der Waals surface area contributed by atoms with Gasteiger partial charge in [0, 0.05) is 5.41 Å². The summed E-state index contributed by atoms with van der Waals surface area (Å²) in [6.07, 6.45) is 1.33. The van der Waals surface area contributed by atoms with Crippen LogP contribution in [0.5, 0.6) is 5.75 Å². The van der Waals surface area contributed by atoms with Crippen LogP contribution in [-0.2, 0) is 19.4 Å². The molecular formula is C20H27FN2O6S. The molecule has 0 bridgehead atoms. The summed E-state index contributed by atoms with van der Waals surface area (Å²) in [5.41, 5.74) is 0.660. The van der Waals surface area contributed by atoms with Gasteiger partial charge >= 0.3 is 6.03 Å². The van der Waals surface area contributed by atoms with Crippen LogP contribution in [-0.4, -0.2) is 57.5 Å². The molecule has 0 aromatic heterocycles. The summed E-state index contributed by atoms with van der Waals surface area (Å²) in [5.74, 6) is -1.09. The first kappa shape index (κ1) is 23.8. The van der Waals surface area contributed by atoms with E-state index >= 15 is 0 Å². The number of sulfone groups is 1. The quantitative estimate of drug-likeness (QED) is 0.417. The van der Waals surface area contributed by atoms with Crippen molar-refractivity contribution in [1.82, 2.24) is 10.2 Å². The van der Waals surface area contributed by atoms with Crippen molar-refractivity contribution in [2.24, 2.45) is 5.92 Å². The Morgan fingerprint density at radius 1 is 1.27 bits per heavy atom. The Balaban J connectivity index is 1.86. The number of carbonyl (C=O) groups is 2. The molecule has 8 nitrogen and oxygen atoms in total. The molecule has 2 rings (SSSR count). The largest absolute Gasteiger partial charge is 0.490 e. The summed E-state index contributed by atoms with van der Waals surface area (Å²) in [6.45, 7) is 5.77. The van der Waals surface area contributed by atoms with Gasteiger partial charge in [-0.1, -0.05) is 26.8 Å². The number of rotatable bonds is 11. The molecule has 1 aromatic rings. The number of hydrogen-bond acceptors (Lipinski definition) is 6. The average Bonchev–Trinajstić information content (AvgIpc) is 2.97. The molecule has 1 N–H and O–H groups in total. The Bertz CT molecular complexity index is 901. The first-order chi connectivity index (χ1) is 14.1. The van der Waals surface area contributed by atoms with Gasteiger partial charge in [0.05, 0.1) is 19.0 Å². The van der Waals surface area contributed by atoms with Gasteiger partial charge in [0.2, 0.25) is 5.91 Å². The summed E-state index contributed by atoms with van der Waals surface area (Å²) < 4.78 is 49.2. The molecule has 1 saturated heterocycles. The minimum atomic E-state index is -3.54. The number of halogens is 1. The molecule has 30 heavy (non-hydrogen) atoms. The fourth-order valence-electron chi connectivity index (χ4n) is 2.70. The molecule has 10 heteroatoms. The predicted octanol–water partition coefficient (Wildman–Crippen LogP) is 2.42. The first-order valence-electron chi connectivity index (χ1n) is 9.55. The van der Waals surface area contributed by atoms with Crippen LogP contribution in [0.25, 0.3) is 0 Å². The van der Waals surface area contributed by atoms with Crippen molar-refractivity contribution in [3.8, 4) is 5.75 Å². The van der Waals surface area contributed by atoms with Crippen LogP contribution in [0, 0.1) is 11.7 Å². The highest BCUT2D eigenvalue weighted by molar-refractivity contribution is 7.94. The number of hydrogen-bond donors (Lipinski definition) is 1. The Morgan fingerprint density at radius 3 is 2.63 bits per heavy atom. The molecule has 1 aliphatic heterocycles. The number of carbonyl (C=O) groups excluding carboxylic acids is 2. The molecule has 3 amide bonds. The van der Waals surface area contributed by atoms with E-state index in [1.54, 1.807) is 13.0 Å². The molecule has 1 heterocycles. The molecule has 0 saturated carbocycles. The van der Waals surface area contributed by atoms with Crippen LogP contribution in [0.3, 0.4) is 0 Å². The molecule has 1 aromatic carbocycles. The van der Waals surface area contributed by atoms with Crippen molar-refractivity contribution in [1.29, 1.82) is 0 Å². The molecule has 1 fully saturated rings. The third-order valence-electron chi connectivity index (χ3n) is 4.21. The number of ether oxygens (including phenoxy) is 2. The van der Waals surface area contributed by atoms with E-state index in [2.05, 4.69) is 5.32 Å². The van der Waals surface area contributed by atoms with Crippen molar-refractivity contribution in [2.45, 2.75) is 26.7 Å². The summed E-state index contributed by atoms with van der Waals surface area (Å²) in [5, 5.41) is 3.17. The normalized spacial score (nSPS) is 15.8. The SMILES string of the molecule is CC(C)COc1cc([C@@H](C)CS(=O)(=O)/C=C/COCN2CC(=O)NC2=O)ccc1F. The van der Waals surface area contributed by atoms with Crippen LogP contribution < -0.4 is 10.1 Å². The maximum Gasteiger partial charge on any atom is 0.326 e. The lowest BCUT2D eigenvalue weighted by Crippen LogP contribution is -2.30. The van der Waals surface area contributed by atoms with Gasteiger partial charge in [-0.05, 0) is 35.6 Å². The van der Waals surface area contributed by atoms with Gasteiger partial charge in [-0.2, -0.15) is 0 Å². The fourth-order valence-corrected chi connectivity index (χ4v) is 4.07. The number of nitrogens with one attached hydrogen (secondary N) is 1. The zero-order valence-corrected chi connectivity index (χ0v) is 18.1. The lowest BCUT2D eigenvalue weighted by Gasteiger charge is -2.15. The van der Waals surface area contributed by atoms with E-state index in [1.165, 1.54) is 23.1 Å². The topological polar surface area (TPSA) is 102 Å². The van der Waals surface area contributed by atoms with Crippen LogP contribution in [0.15, 0.2) is 29.7 Å². The van der Waals surface area contributed by atoms with Gasteiger partial charge in [-0.25, -0.2) is 17.6 Å². The van der Waals surface area contributed by atoms with Gasteiger partial charge in [0.1, 0.15) is 13.3 Å². The monoisotopic (exact) mass is 442 g/mol. The fraction of sp³-hybridized carbons (Fsp3) is 0.500. The van der Waals surface area contributed by atoms with Crippen molar-refractivity contribution in [3.05, 3.63) is 41.1 Å². The smallest absolute Gasteiger partial charge is 0.326 e. The van der Waals surface area contributed by atoms with Crippen LogP contribution in [0.1, 0.15) is 32.3 Å². The highest BCUT2D eigenvalue weighted by Crippen LogP contribution is 2.25. The van der Waals surface area contributed by atoms with Gasteiger partial charge in [0.25, 0.3) is 0 Å². The molecule has 0 spiro atoms. The van der Waals surface area contributed by atoms with Gasteiger partial charge in [-0.3, -0.25) is 15.0 Å². The molecule has 1 atom stereocenters. The molecular weight excluding hydrogens is 415 g/mol. The Kier molecular flexibility index (Phi) is 8.36. The number of urea groups is 1. The van der Waals surface area contributed by atoms with E-state index in [-0.39, 0.29) is 43.2 Å². The molecule has 0 unspecified atom stereocenters. The third-order valence-corrected chi connectivity index (χ3v) is 5.78. The first-order valence-corrected chi connectivity index (χ1v) is 11.3. The zero-order chi connectivity index (χ0) is 22.3. The molecule has 166 valence electrons. The second-order valence-electron chi connectivity index (χ2n) is 7.55. The highest BCUT2D eigenvalue weighted by Gasteiger charge is 2.26. The second kappa shape index (κ2) is 10.5. The number of amides is 3. The summed E-state index contributed by atoms with van der Waals surface area (Å²) >= 11 is 0. The van der Waals surface area contributed by atoms with Crippen molar-refractivity contribution >= 4 is 21.8 Å². The predicted molar refractivity (Wildman–Crippen MR) is 109 cm³/mol. The van der Waals surface area contributed by atoms with Gasteiger partial charge in [-0.15, -0.1) is 0 Å². The minimum Gasteiger partial charge on any atom is -0.490 e. The van der Waals surface area contributed by atoms with E-state index in [9.17, 15) is 22.4 Å².